The van der Waals surface area contributed by atoms with Crippen molar-refractivity contribution in [3.05, 3.63) is 70.3 Å². The zero-order valence-corrected chi connectivity index (χ0v) is 24.4. The molecule has 0 atom stereocenters. The summed E-state index contributed by atoms with van der Waals surface area (Å²) in [5.41, 5.74) is 4.32. The van der Waals surface area contributed by atoms with Crippen LogP contribution in [0.15, 0.2) is 64.4 Å². The number of nitrogens with zero attached hydrogens (tertiary/aromatic N) is 4. The maximum Gasteiger partial charge on any atom is 0.253 e. The largest absolute Gasteiger partial charge is 0.396 e. The molecule has 1 amide bonds. The highest BCUT2D eigenvalue weighted by Gasteiger charge is 2.39. The molecule has 2 saturated heterocycles. The Bertz CT molecular complexity index is 1280. The van der Waals surface area contributed by atoms with Gasteiger partial charge in [0.15, 0.2) is 0 Å². The van der Waals surface area contributed by atoms with Crippen LogP contribution in [0.3, 0.4) is 0 Å². The number of aromatic nitrogens is 1. The third-order valence-electron chi connectivity index (χ3n) is 8.56. The number of carbonyl (C=O) groups excluding carboxylic acids is 1. The fraction of sp³-hybridized carbons (Fsp3) is 0.484. The van der Waals surface area contributed by atoms with Crippen LogP contribution < -0.4 is 0 Å². The predicted octanol–water partition coefficient (Wildman–Crippen LogP) is 6.57. The molecule has 3 heterocycles. The number of aryl methyl sites for hydroxylation is 1. The molecule has 0 aliphatic carbocycles. The van der Waals surface area contributed by atoms with Crippen molar-refractivity contribution in [2.45, 2.75) is 58.5 Å². The summed E-state index contributed by atoms with van der Waals surface area (Å²) in [6.07, 6.45) is 6.24. The van der Waals surface area contributed by atoms with Gasteiger partial charge in [0, 0.05) is 58.2 Å². The first-order valence-electron chi connectivity index (χ1n) is 14.0. The van der Waals surface area contributed by atoms with Crippen LogP contribution in [-0.2, 0) is 11.4 Å². The van der Waals surface area contributed by atoms with E-state index < -0.39 is 0 Å². The number of likely N-dealkylation sites (tertiary alicyclic amines) is 2. The summed E-state index contributed by atoms with van der Waals surface area (Å²) >= 11 is 3.54. The highest BCUT2D eigenvalue weighted by atomic mass is 79.9. The molecule has 202 valence electrons. The monoisotopic (exact) mass is 578 g/mol. The highest BCUT2D eigenvalue weighted by Crippen LogP contribution is 2.34. The van der Waals surface area contributed by atoms with Gasteiger partial charge in [0.2, 0.25) is 0 Å². The molecule has 3 aromatic rings. The van der Waals surface area contributed by atoms with Gasteiger partial charge >= 0.3 is 0 Å². The third kappa shape index (κ3) is 5.55. The molecule has 0 bridgehead atoms. The molecule has 7 heteroatoms. The van der Waals surface area contributed by atoms with Gasteiger partial charge in [-0.05, 0) is 102 Å². The number of amides is 1. The molecule has 0 N–H and O–H groups in total. The number of benzene rings is 2. The molecule has 38 heavy (non-hydrogen) atoms. The van der Waals surface area contributed by atoms with Crippen molar-refractivity contribution in [1.82, 2.24) is 14.4 Å². The molecule has 0 spiro atoms. The molecule has 2 aliphatic heterocycles. The zero-order valence-electron chi connectivity index (χ0n) is 22.8. The van der Waals surface area contributed by atoms with Crippen molar-refractivity contribution in [3.8, 4) is 0 Å². The normalized spacial score (nSPS) is 19.2. The molecule has 2 aliphatic rings. The van der Waals surface area contributed by atoms with Crippen LogP contribution in [0, 0.1) is 5.92 Å². The molecular weight excluding hydrogens is 540 g/mol. The molecule has 1 aromatic heterocycles. The van der Waals surface area contributed by atoms with Gasteiger partial charge in [-0.15, -0.1) is 0 Å². The number of rotatable bonds is 7. The Kier molecular flexibility index (Phi) is 8.24. The molecule has 0 unspecified atom stereocenters. The van der Waals surface area contributed by atoms with E-state index in [1.807, 2.05) is 17.9 Å². The summed E-state index contributed by atoms with van der Waals surface area (Å²) in [5.74, 6) is 0.546. The van der Waals surface area contributed by atoms with Crippen LogP contribution in [0.5, 0.6) is 0 Å². The Labute approximate surface area is 234 Å². The average Bonchev–Trinajstić information content (AvgIpc) is 3.37. The maximum absolute atomic E-state index is 13.3. The zero-order chi connectivity index (χ0) is 26.7. The molecule has 2 aromatic carbocycles. The molecule has 0 saturated carbocycles. The molecule has 5 rings (SSSR count). The first-order chi connectivity index (χ1) is 18.4. The van der Waals surface area contributed by atoms with Gasteiger partial charge in [-0.2, -0.15) is 0 Å². The molecule has 0 radical (unpaired) electrons. The second-order valence-corrected chi connectivity index (χ2v) is 11.7. The van der Waals surface area contributed by atoms with E-state index in [0.717, 1.165) is 85.1 Å². The first-order valence-corrected chi connectivity index (χ1v) is 14.8. The quantitative estimate of drug-likeness (QED) is 0.235. The summed E-state index contributed by atoms with van der Waals surface area (Å²) in [6, 6.07) is 16.6. The number of hydrogen-bond donors (Lipinski definition) is 0. The number of oxime groups is 1. The van der Waals surface area contributed by atoms with Crippen LogP contribution >= 0.6 is 15.9 Å². The SMILES string of the molecule is CCON=C(c1ccc(Br)cc1)C1CCN(C2(C)CCN(C(=O)c3ccc4c(ccn4CC)c3)CC2)CC1. The summed E-state index contributed by atoms with van der Waals surface area (Å²) in [5, 5.41) is 5.68. The van der Waals surface area contributed by atoms with Gasteiger partial charge in [0.25, 0.3) is 5.91 Å². The second-order valence-electron chi connectivity index (χ2n) is 10.8. The van der Waals surface area contributed by atoms with Crippen LogP contribution in [-0.4, -0.2) is 64.3 Å². The van der Waals surface area contributed by atoms with Crippen molar-refractivity contribution >= 4 is 38.5 Å². The van der Waals surface area contributed by atoms with E-state index in [4.69, 9.17) is 4.84 Å². The van der Waals surface area contributed by atoms with Crippen LogP contribution in [0.4, 0.5) is 0 Å². The topological polar surface area (TPSA) is 50.1 Å². The van der Waals surface area contributed by atoms with Crippen molar-refractivity contribution in [2.24, 2.45) is 11.1 Å². The summed E-state index contributed by atoms with van der Waals surface area (Å²) in [6.45, 7) is 11.7. The Hall–Kier alpha value is -2.64. The summed E-state index contributed by atoms with van der Waals surface area (Å²) in [4.78, 5) is 23.6. The fourth-order valence-electron chi connectivity index (χ4n) is 6.11. The lowest BCUT2D eigenvalue weighted by atomic mass is 9.82. The lowest BCUT2D eigenvalue weighted by Crippen LogP contribution is -2.56. The lowest BCUT2D eigenvalue weighted by Gasteiger charge is -2.49. The fourth-order valence-corrected chi connectivity index (χ4v) is 6.37. The first kappa shape index (κ1) is 26.9. The van der Waals surface area contributed by atoms with Crippen molar-refractivity contribution in [2.75, 3.05) is 32.8 Å². The minimum absolute atomic E-state index is 0.124. The van der Waals surface area contributed by atoms with Crippen molar-refractivity contribution in [1.29, 1.82) is 0 Å². The van der Waals surface area contributed by atoms with Gasteiger partial charge in [0.05, 0.1) is 5.71 Å². The molecular formula is C31H39BrN4O2. The van der Waals surface area contributed by atoms with E-state index in [2.05, 4.69) is 93.1 Å². The van der Waals surface area contributed by atoms with E-state index in [1.54, 1.807) is 0 Å². The van der Waals surface area contributed by atoms with E-state index in [0.29, 0.717) is 12.5 Å². The summed E-state index contributed by atoms with van der Waals surface area (Å²) in [7, 11) is 0. The Balaban J connectivity index is 1.19. The van der Waals surface area contributed by atoms with Crippen molar-refractivity contribution in [3.63, 3.8) is 0 Å². The van der Waals surface area contributed by atoms with Crippen LogP contribution in [0.2, 0.25) is 0 Å². The number of fused-ring (bicyclic) bond motifs is 1. The number of piperidine rings is 2. The van der Waals surface area contributed by atoms with E-state index in [1.165, 1.54) is 5.52 Å². The van der Waals surface area contributed by atoms with Crippen LogP contribution in [0.1, 0.15) is 62.4 Å². The Morgan fingerprint density at radius 1 is 1.00 bits per heavy atom. The highest BCUT2D eigenvalue weighted by molar-refractivity contribution is 9.10. The van der Waals surface area contributed by atoms with Gasteiger partial charge in [-0.25, -0.2) is 0 Å². The Morgan fingerprint density at radius 3 is 2.34 bits per heavy atom. The summed E-state index contributed by atoms with van der Waals surface area (Å²) < 4.78 is 3.28. The third-order valence-corrected chi connectivity index (χ3v) is 9.09. The van der Waals surface area contributed by atoms with E-state index >= 15 is 0 Å². The van der Waals surface area contributed by atoms with E-state index in [-0.39, 0.29) is 11.4 Å². The minimum Gasteiger partial charge on any atom is -0.396 e. The predicted molar refractivity (Wildman–Crippen MR) is 158 cm³/mol. The standard InChI is InChI=1S/C31H39BrN4O2/c1-4-34-17-12-25-22-26(8-11-28(25)34)30(37)35-20-15-31(3,16-21-35)36-18-13-24(14-19-36)29(33-38-5-2)23-6-9-27(32)10-7-23/h6-12,17,22,24H,4-5,13-16,18-21H2,1-3H3. The smallest absolute Gasteiger partial charge is 0.253 e. The Morgan fingerprint density at radius 2 is 1.68 bits per heavy atom. The number of carbonyl (C=O) groups is 1. The number of hydrogen-bond acceptors (Lipinski definition) is 4. The van der Waals surface area contributed by atoms with Gasteiger partial charge in [0.1, 0.15) is 6.61 Å². The average molecular weight is 580 g/mol. The van der Waals surface area contributed by atoms with Crippen LogP contribution in [0.25, 0.3) is 10.9 Å². The van der Waals surface area contributed by atoms with Gasteiger partial charge in [-0.3, -0.25) is 9.69 Å². The molecule has 2 fully saturated rings. The second kappa shape index (κ2) is 11.6. The molecule has 6 nitrogen and oxygen atoms in total. The van der Waals surface area contributed by atoms with Gasteiger partial charge < -0.3 is 14.3 Å². The van der Waals surface area contributed by atoms with Crippen molar-refractivity contribution < 1.29 is 9.63 Å². The minimum atomic E-state index is 0.124. The maximum atomic E-state index is 13.3. The van der Waals surface area contributed by atoms with Gasteiger partial charge in [-0.1, -0.05) is 33.2 Å². The van der Waals surface area contributed by atoms with E-state index in [9.17, 15) is 4.79 Å². The lowest BCUT2D eigenvalue weighted by molar-refractivity contribution is 0.0161. The number of halogens is 1.